The van der Waals surface area contributed by atoms with E-state index in [1.807, 2.05) is 0 Å². The molecule has 1 N–H and O–H groups in total. The third kappa shape index (κ3) is 3.14. The number of halogens is 3. The van der Waals surface area contributed by atoms with Gasteiger partial charge in [-0.25, -0.2) is 4.85 Å². The van der Waals surface area contributed by atoms with Gasteiger partial charge in [0.15, 0.2) is 5.69 Å². The predicted octanol–water partition coefficient (Wildman–Crippen LogP) is 4.77. The number of rotatable bonds is 2. The molecule has 1 aliphatic rings. The number of carbonyl (C=O) groups excluding carboxylic acids is 1. The minimum absolute atomic E-state index is 0.0623. The van der Waals surface area contributed by atoms with Crippen LogP contribution in [0, 0.1) is 18.9 Å². The molecule has 1 aliphatic carbocycles. The molecule has 0 saturated heterocycles. The maximum Gasteiger partial charge on any atom is 0.412 e. The molecule has 0 fully saturated rings. The summed E-state index contributed by atoms with van der Waals surface area (Å²) in [7, 11) is 0. The van der Waals surface area contributed by atoms with Crippen LogP contribution >= 0.6 is 0 Å². The van der Waals surface area contributed by atoms with E-state index in [2.05, 4.69) is 10.2 Å². The first kappa shape index (κ1) is 16.1. The highest BCUT2D eigenvalue weighted by molar-refractivity contribution is 5.96. The molecule has 1 aromatic carbocycles. The first-order chi connectivity index (χ1) is 10.2. The van der Waals surface area contributed by atoms with E-state index in [-0.39, 0.29) is 12.8 Å². The van der Waals surface area contributed by atoms with Crippen molar-refractivity contribution in [2.24, 2.45) is 5.41 Å². The number of hydrogen-bond acceptors (Lipinski definition) is 1. The molecule has 1 atom stereocenters. The summed E-state index contributed by atoms with van der Waals surface area (Å²) in [5, 5.41) is 2.65. The SMILES string of the molecule is [C-]#[N+]c1ccc(NC(=O)C2(C)CC=C(C(F)(F)F)C2)cc1C. The summed E-state index contributed by atoms with van der Waals surface area (Å²) in [4.78, 5) is 15.6. The summed E-state index contributed by atoms with van der Waals surface area (Å²) < 4.78 is 38.1. The Hall–Kier alpha value is -2.29. The molecule has 1 amide bonds. The van der Waals surface area contributed by atoms with Crippen LogP contribution in [0.3, 0.4) is 0 Å². The fourth-order valence-corrected chi connectivity index (χ4v) is 2.44. The van der Waals surface area contributed by atoms with E-state index in [4.69, 9.17) is 6.57 Å². The highest BCUT2D eigenvalue weighted by Gasteiger charge is 2.45. The quantitative estimate of drug-likeness (QED) is 0.619. The second kappa shape index (κ2) is 5.48. The lowest BCUT2D eigenvalue weighted by molar-refractivity contribution is -0.125. The molecule has 1 unspecified atom stereocenters. The van der Waals surface area contributed by atoms with Crippen molar-refractivity contribution in [3.8, 4) is 0 Å². The molecule has 0 spiro atoms. The van der Waals surface area contributed by atoms with E-state index >= 15 is 0 Å². The van der Waals surface area contributed by atoms with E-state index < -0.39 is 23.1 Å². The third-order valence-electron chi connectivity index (χ3n) is 3.87. The fraction of sp³-hybridized carbons (Fsp3) is 0.375. The van der Waals surface area contributed by atoms with Crippen LogP contribution in [0.1, 0.15) is 25.3 Å². The largest absolute Gasteiger partial charge is 0.412 e. The number of aryl methyl sites for hydroxylation is 1. The van der Waals surface area contributed by atoms with Crippen molar-refractivity contribution in [3.63, 3.8) is 0 Å². The summed E-state index contributed by atoms with van der Waals surface area (Å²) >= 11 is 0. The van der Waals surface area contributed by atoms with Crippen molar-refractivity contribution in [2.75, 3.05) is 5.32 Å². The minimum atomic E-state index is -4.38. The van der Waals surface area contributed by atoms with E-state index in [1.165, 1.54) is 6.92 Å². The zero-order chi connectivity index (χ0) is 16.5. The number of carbonyl (C=O) groups is 1. The maximum atomic E-state index is 12.7. The van der Waals surface area contributed by atoms with Crippen LogP contribution in [0.2, 0.25) is 0 Å². The molecule has 0 aromatic heterocycles. The van der Waals surface area contributed by atoms with Gasteiger partial charge in [-0.15, -0.1) is 0 Å². The van der Waals surface area contributed by atoms with Crippen LogP contribution in [0.25, 0.3) is 4.85 Å². The Morgan fingerprint density at radius 3 is 2.59 bits per heavy atom. The first-order valence-corrected chi connectivity index (χ1v) is 6.71. The van der Waals surface area contributed by atoms with Gasteiger partial charge in [-0.05, 0) is 37.5 Å². The van der Waals surface area contributed by atoms with Crippen molar-refractivity contribution in [1.82, 2.24) is 0 Å². The van der Waals surface area contributed by atoms with Crippen molar-refractivity contribution >= 4 is 17.3 Å². The molecule has 2 rings (SSSR count). The molecule has 6 heteroatoms. The van der Waals surface area contributed by atoms with Gasteiger partial charge < -0.3 is 5.32 Å². The summed E-state index contributed by atoms with van der Waals surface area (Å²) in [5.74, 6) is -0.446. The van der Waals surface area contributed by atoms with Gasteiger partial charge in [0.25, 0.3) is 0 Å². The Bertz CT molecular complexity index is 686. The highest BCUT2D eigenvalue weighted by Crippen LogP contribution is 2.44. The molecule has 116 valence electrons. The molecule has 22 heavy (non-hydrogen) atoms. The minimum Gasteiger partial charge on any atom is -0.326 e. The summed E-state index contributed by atoms with van der Waals surface area (Å²) in [6, 6.07) is 4.80. The number of allylic oxidation sites excluding steroid dienone is 2. The van der Waals surface area contributed by atoms with Gasteiger partial charge in [-0.1, -0.05) is 19.1 Å². The summed E-state index contributed by atoms with van der Waals surface area (Å²) in [5.41, 5.74) is -0.0807. The lowest BCUT2D eigenvalue weighted by Crippen LogP contribution is -2.32. The van der Waals surface area contributed by atoms with Crippen LogP contribution in [0.4, 0.5) is 24.5 Å². The topological polar surface area (TPSA) is 33.5 Å². The number of anilines is 1. The molecular formula is C16H15F3N2O. The molecule has 3 nitrogen and oxygen atoms in total. The normalized spacial score (nSPS) is 21.2. The number of benzene rings is 1. The third-order valence-corrected chi connectivity index (χ3v) is 3.87. The monoisotopic (exact) mass is 308 g/mol. The lowest BCUT2D eigenvalue weighted by Gasteiger charge is -2.24. The molecule has 0 aliphatic heterocycles. The zero-order valence-corrected chi connectivity index (χ0v) is 12.2. The summed E-state index contributed by atoms with van der Waals surface area (Å²) in [6.45, 7) is 10.2. The number of amides is 1. The van der Waals surface area contributed by atoms with Crippen LogP contribution in [0.5, 0.6) is 0 Å². The van der Waals surface area contributed by atoms with Crippen molar-refractivity contribution in [1.29, 1.82) is 0 Å². The Labute approximate surface area is 126 Å². The average Bonchev–Trinajstić information content (AvgIpc) is 2.83. The van der Waals surface area contributed by atoms with Gasteiger partial charge in [-0.2, -0.15) is 13.2 Å². The van der Waals surface area contributed by atoms with E-state index in [0.29, 0.717) is 16.9 Å². The van der Waals surface area contributed by atoms with Crippen molar-refractivity contribution < 1.29 is 18.0 Å². The van der Waals surface area contributed by atoms with Gasteiger partial charge in [-0.3, -0.25) is 4.79 Å². The Balaban J connectivity index is 2.11. The smallest absolute Gasteiger partial charge is 0.326 e. The molecule has 0 saturated carbocycles. The zero-order valence-electron chi connectivity index (χ0n) is 12.2. The van der Waals surface area contributed by atoms with Gasteiger partial charge in [0.05, 0.1) is 12.0 Å². The average molecular weight is 308 g/mol. The number of alkyl halides is 3. The highest BCUT2D eigenvalue weighted by atomic mass is 19.4. The van der Waals surface area contributed by atoms with Gasteiger partial charge in [0, 0.05) is 11.3 Å². The molecule has 0 heterocycles. The van der Waals surface area contributed by atoms with Crippen LogP contribution in [-0.4, -0.2) is 12.1 Å². The van der Waals surface area contributed by atoms with Crippen molar-refractivity contribution in [3.05, 3.63) is 46.8 Å². The first-order valence-electron chi connectivity index (χ1n) is 6.71. The standard InChI is InChI=1S/C16H15F3N2O/c1-10-8-12(4-5-13(10)20-3)21-14(22)15(2)7-6-11(9-15)16(17,18)19/h4-6,8H,7,9H2,1-2H3,(H,21,22). The second-order valence-electron chi connectivity index (χ2n) is 5.74. The molecule has 0 radical (unpaired) electrons. The van der Waals surface area contributed by atoms with Crippen LogP contribution in [0.15, 0.2) is 29.8 Å². The lowest BCUT2D eigenvalue weighted by atomic mass is 9.85. The van der Waals surface area contributed by atoms with Gasteiger partial charge in [0.2, 0.25) is 5.91 Å². The number of nitrogens with zero attached hydrogens (tertiary/aromatic N) is 1. The molecule has 0 bridgehead atoms. The number of hydrogen-bond donors (Lipinski definition) is 1. The second-order valence-corrected chi connectivity index (χ2v) is 5.74. The summed E-state index contributed by atoms with van der Waals surface area (Å²) in [6.07, 6.45) is -3.55. The van der Waals surface area contributed by atoms with E-state index in [0.717, 1.165) is 6.08 Å². The van der Waals surface area contributed by atoms with E-state index in [1.54, 1.807) is 25.1 Å². The van der Waals surface area contributed by atoms with Crippen molar-refractivity contribution in [2.45, 2.75) is 32.9 Å². The fourth-order valence-electron chi connectivity index (χ4n) is 2.44. The van der Waals surface area contributed by atoms with E-state index in [9.17, 15) is 18.0 Å². The Morgan fingerprint density at radius 1 is 1.41 bits per heavy atom. The van der Waals surface area contributed by atoms with Gasteiger partial charge in [0.1, 0.15) is 0 Å². The number of nitrogens with one attached hydrogen (secondary N) is 1. The van der Waals surface area contributed by atoms with Gasteiger partial charge >= 0.3 is 6.18 Å². The van der Waals surface area contributed by atoms with Crippen LogP contribution < -0.4 is 5.32 Å². The molecular weight excluding hydrogens is 293 g/mol. The Kier molecular flexibility index (Phi) is 4.01. The van der Waals surface area contributed by atoms with Crippen LogP contribution in [-0.2, 0) is 4.79 Å². The predicted molar refractivity (Wildman–Crippen MR) is 77.5 cm³/mol. The maximum absolute atomic E-state index is 12.7. The Morgan fingerprint density at radius 2 is 2.09 bits per heavy atom. The molecule has 1 aromatic rings.